The third kappa shape index (κ3) is 5.33. The first-order chi connectivity index (χ1) is 17.5. The van der Waals surface area contributed by atoms with Crippen LogP contribution in [-0.4, -0.2) is 69.4 Å². The van der Waals surface area contributed by atoms with Gasteiger partial charge in [-0.05, 0) is 68.7 Å². The zero-order valence-electron chi connectivity index (χ0n) is 21.0. The summed E-state index contributed by atoms with van der Waals surface area (Å²) in [5.74, 6) is 1.83. The van der Waals surface area contributed by atoms with Gasteiger partial charge in [0.1, 0.15) is 23.3 Å². The quantitative estimate of drug-likeness (QED) is 0.379. The number of aromatic amines is 1. The van der Waals surface area contributed by atoms with Crippen molar-refractivity contribution in [2.24, 2.45) is 0 Å². The molecule has 0 amide bonds. The highest BCUT2D eigenvalue weighted by molar-refractivity contribution is 5.94. The predicted molar refractivity (Wildman–Crippen MR) is 143 cm³/mol. The van der Waals surface area contributed by atoms with Crippen molar-refractivity contribution in [3.05, 3.63) is 71.9 Å². The molecule has 0 saturated carbocycles. The Hall–Kier alpha value is -3.52. The van der Waals surface area contributed by atoms with Gasteiger partial charge in [-0.25, -0.2) is 14.4 Å². The molecule has 2 aliphatic heterocycles. The number of imidazole rings is 1. The van der Waals surface area contributed by atoms with Crippen LogP contribution < -0.4 is 4.90 Å². The van der Waals surface area contributed by atoms with Crippen LogP contribution in [0.3, 0.4) is 0 Å². The highest BCUT2D eigenvalue weighted by atomic mass is 19.1. The Balaban J connectivity index is 1.24. The van der Waals surface area contributed by atoms with E-state index in [4.69, 9.17) is 10.4 Å². The molecule has 1 atom stereocenters. The van der Waals surface area contributed by atoms with Gasteiger partial charge in [-0.3, -0.25) is 10.3 Å². The van der Waals surface area contributed by atoms with Crippen molar-refractivity contribution in [3.63, 3.8) is 0 Å². The van der Waals surface area contributed by atoms with Crippen LogP contribution in [0.5, 0.6) is 0 Å². The third-order valence-electron chi connectivity index (χ3n) is 7.17. The molecule has 0 radical (unpaired) electrons. The normalized spacial score (nSPS) is 19.1. The van der Waals surface area contributed by atoms with Gasteiger partial charge in [0.25, 0.3) is 0 Å². The Morgan fingerprint density at radius 2 is 1.92 bits per heavy atom. The molecule has 0 aliphatic carbocycles. The Bertz CT molecular complexity index is 1230. The number of amidine groups is 1. The lowest BCUT2D eigenvalue weighted by molar-refractivity contribution is 0.209. The number of nitrogens with zero attached hydrogens (tertiary/aromatic N) is 5. The fourth-order valence-corrected chi connectivity index (χ4v) is 5.14. The van der Waals surface area contributed by atoms with Crippen molar-refractivity contribution in [2.75, 3.05) is 37.6 Å². The average molecular weight is 488 g/mol. The van der Waals surface area contributed by atoms with Crippen LogP contribution in [0, 0.1) is 11.2 Å². The van der Waals surface area contributed by atoms with E-state index in [0.29, 0.717) is 17.7 Å². The van der Waals surface area contributed by atoms with Crippen molar-refractivity contribution in [1.29, 1.82) is 5.41 Å². The topological polar surface area (TPSA) is 75.1 Å². The molecule has 5 rings (SSSR count). The van der Waals surface area contributed by atoms with Gasteiger partial charge in [0, 0.05) is 38.8 Å². The molecule has 3 aromatic rings. The number of pyridine rings is 1. The van der Waals surface area contributed by atoms with Crippen molar-refractivity contribution in [1.82, 2.24) is 24.8 Å². The first kappa shape index (κ1) is 24.2. The number of benzene rings is 1. The van der Waals surface area contributed by atoms with Gasteiger partial charge in [0.2, 0.25) is 0 Å². The van der Waals surface area contributed by atoms with Gasteiger partial charge >= 0.3 is 0 Å². The number of aromatic nitrogens is 3. The van der Waals surface area contributed by atoms with Gasteiger partial charge < -0.3 is 14.8 Å². The lowest BCUT2D eigenvalue weighted by atomic mass is 10.0. The minimum absolute atomic E-state index is 0.0272. The van der Waals surface area contributed by atoms with Gasteiger partial charge in [-0.2, -0.15) is 0 Å². The second-order valence-corrected chi connectivity index (χ2v) is 9.80. The van der Waals surface area contributed by atoms with Crippen molar-refractivity contribution in [2.45, 2.75) is 38.8 Å². The highest BCUT2D eigenvalue weighted by Crippen LogP contribution is 2.32. The Morgan fingerprint density at radius 1 is 1.11 bits per heavy atom. The summed E-state index contributed by atoms with van der Waals surface area (Å²) in [4.78, 5) is 19.6. The molecule has 8 heteroatoms. The van der Waals surface area contributed by atoms with Crippen molar-refractivity contribution >= 4 is 17.7 Å². The summed E-state index contributed by atoms with van der Waals surface area (Å²) in [7, 11) is 0. The lowest BCUT2D eigenvalue weighted by Crippen LogP contribution is -2.49. The monoisotopic (exact) mass is 487 g/mol. The van der Waals surface area contributed by atoms with Crippen molar-refractivity contribution in [3.8, 4) is 11.4 Å². The molecular weight excluding hydrogens is 453 g/mol. The SMILES string of the molecule is CC(C)N1CCN(c2cccc(-c3cnc(C=CC(=N)N4CCCC4c4cccc(F)c4)[nH]3)n2)CC1. The number of anilines is 1. The van der Waals surface area contributed by atoms with E-state index >= 15 is 0 Å². The summed E-state index contributed by atoms with van der Waals surface area (Å²) < 4.78 is 13.7. The van der Waals surface area contributed by atoms with Crippen LogP contribution in [0.1, 0.15) is 44.1 Å². The number of hydrogen-bond acceptors (Lipinski definition) is 5. The van der Waals surface area contributed by atoms with Crippen LogP contribution in [0.15, 0.2) is 54.7 Å². The zero-order chi connectivity index (χ0) is 25.1. The highest BCUT2D eigenvalue weighted by Gasteiger charge is 2.27. The maximum atomic E-state index is 13.7. The Morgan fingerprint density at radius 3 is 2.69 bits per heavy atom. The van der Waals surface area contributed by atoms with Crippen LogP contribution in [0.25, 0.3) is 17.5 Å². The van der Waals surface area contributed by atoms with E-state index in [1.165, 1.54) is 6.07 Å². The van der Waals surface area contributed by atoms with E-state index < -0.39 is 0 Å². The molecule has 4 heterocycles. The maximum Gasteiger partial charge on any atom is 0.130 e. The molecule has 0 bridgehead atoms. The maximum absolute atomic E-state index is 13.7. The number of likely N-dealkylation sites (tertiary alicyclic amines) is 1. The Kier molecular flexibility index (Phi) is 7.13. The average Bonchev–Trinajstić information content (AvgIpc) is 3.58. The minimum Gasteiger partial charge on any atom is -0.354 e. The number of piperazine rings is 1. The molecule has 0 spiro atoms. The van der Waals surface area contributed by atoms with E-state index in [2.05, 4.69) is 39.7 Å². The fourth-order valence-electron chi connectivity index (χ4n) is 5.14. The molecule has 2 N–H and O–H groups in total. The second kappa shape index (κ2) is 10.6. The molecule has 188 valence electrons. The summed E-state index contributed by atoms with van der Waals surface area (Å²) in [6.07, 6.45) is 7.27. The number of halogens is 1. The largest absolute Gasteiger partial charge is 0.354 e. The van der Waals surface area contributed by atoms with Gasteiger partial charge in [0.05, 0.1) is 23.6 Å². The first-order valence-electron chi connectivity index (χ1n) is 12.8. The lowest BCUT2D eigenvalue weighted by Gasteiger charge is -2.37. The summed E-state index contributed by atoms with van der Waals surface area (Å²) in [5.41, 5.74) is 2.62. The molecule has 2 aromatic heterocycles. The standard InChI is InChI=1S/C28H34FN7/c1-20(2)34-14-16-35(17-15-34)28-10-4-8-23(33-28)24-19-31-27(32-24)12-11-26(30)36-13-5-9-25(36)21-6-3-7-22(29)18-21/h3-4,6-8,10-12,18-20,25,30H,5,9,13-17H2,1-2H3,(H,31,32). The molecule has 36 heavy (non-hydrogen) atoms. The molecular formula is C28H34FN7. The summed E-state index contributed by atoms with van der Waals surface area (Å²) in [6, 6.07) is 13.4. The smallest absolute Gasteiger partial charge is 0.130 e. The van der Waals surface area contributed by atoms with Gasteiger partial charge in [-0.1, -0.05) is 18.2 Å². The first-order valence-corrected chi connectivity index (χ1v) is 12.8. The minimum atomic E-state index is -0.236. The number of H-pyrrole nitrogens is 1. The van der Waals surface area contributed by atoms with E-state index in [1.807, 2.05) is 29.2 Å². The zero-order valence-corrected chi connectivity index (χ0v) is 21.0. The number of rotatable bonds is 6. The molecule has 2 saturated heterocycles. The fraction of sp³-hybridized carbons (Fsp3) is 0.393. The molecule has 2 aliphatic rings. The molecule has 1 unspecified atom stereocenters. The summed E-state index contributed by atoms with van der Waals surface area (Å²) in [6.45, 7) is 9.32. The van der Waals surface area contributed by atoms with Crippen LogP contribution in [0.4, 0.5) is 10.2 Å². The van der Waals surface area contributed by atoms with Crippen LogP contribution in [-0.2, 0) is 0 Å². The summed E-state index contributed by atoms with van der Waals surface area (Å²) in [5, 5.41) is 8.60. The van der Waals surface area contributed by atoms with E-state index in [0.717, 1.165) is 68.3 Å². The predicted octanol–water partition coefficient (Wildman–Crippen LogP) is 4.97. The van der Waals surface area contributed by atoms with Gasteiger partial charge in [-0.15, -0.1) is 0 Å². The van der Waals surface area contributed by atoms with E-state index in [9.17, 15) is 4.39 Å². The van der Waals surface area contributed by atoms with E-state index in [1.54, 1.807) is 24.4 Å². The van der Waals surface area contributed by atoms with Gasteiger partial charge in [0.15, 0.2) is 0 Å². The summed E-state index contributed by atoms with van der Waals surface area (Å²) >= 11 is 0. The molecule has 2 fully saturated rings. The molecule has 1 aromatic carbocycles. The number of nitrogens with one attached hydrogen (secondary N) is 2. The van der Waals surface area contributed by atoms with Crippen LogP contribution >= 0.6 is 0 Å². The third-order valence-corrected chi connectivity index (χ3v) is 7.17. The van der Waals surface area contributed by atoms with Crippen LogP contribution in [0.2, 0.25) is 0 Å². The second-order valence-electron chi connectivity index (χ2n) is 9.80. The molecule has 7 nitrogen and oxygen atoms in total. The number of hydrogen-bond donors (Lipinski definition) is 2. The van der Waals surface area contributed by atoms with E-state index in [-0.39, 0.29) is 11.9 Å². The Labute approximate surface area is 212 Å². The van der Waals surface area contributed by atoms with Crippen molar-refractivity contribution < 1.29 is 4.39 Å².